The zero-order valence-electron chi connectivity index (χ0n) is 23.9. The van der Waals surface area contributed by atoms with E-state index in [2.05, 4.69) is 61.9 Å². The van der Waals surface area contributed by atoms with Crippen LogP contribution in [0.25, 0.3) is 0 Å². The molecule has 3 unspecified atom stereocenters. The molecule has 2 aromatic rings. The number of aryl methyl sites for hydroxylation is 2. The van der Waals surface area contributed by atoms with Gasteiger partial charge in [-0.15, -0.1) is 0 Å². The minimum Gasteiger partial charge on any atom is -0.492 e. The van der Waals surface area contributed by atoms with Gasteiger partial charge in [-0.2, -0.15) is 0 Å². The molecule has 1 saturated heterocycles. The van der Waals surface area contributed by atoms with Crippen molar-refractivity contribution in [2.75, 3.05) is 26.2 Å². The maximum atomic E-state index is 13.5. The molecule has 0 spiro atoms. The molecule has 0 aliphatic carbocycles. The van der Waals surface area contributed by atoms with Gasteiger partial charge in [0.1, 0.15) is 11.6 Å². The molecule has 1 amide bonds. The van der Waals surface area contributed by atoms with Gasteiger partial charge in [-0.1, -0.05) is 55.3 Å². The number of carbonyl (C=O) groups is 1. The summed E-state index contributed by atoms with van der Waals surface area (Å²) >= 11 is 6.53. The number of nitrogens with zero attached hydrogens (tertiary/aromatic N) is 3. The standard InChI is InChI=1S/C32H43ClN4O2/c1-5-24(17-25-11-9-10-22(3)16-25)20-35-31(34)29(6-2)36-13-14-37(23(4)21-36)32(38)27-18-26-12-7-8-15-39-30(26)28(33)19-27/h9-11,16,18-20,23-24,29,34H,5-8,12-15,17,21H2,1-4H3/b34-31?,35-20-. The van der Waals surface area contributed by atoms with E-state index in [1.165, 1.54) is 11.1 Å². The van der Waals surface area contributed by atoms with Crippen LogP contribution in [0.4, 0.5) is 0 Å². The van der Waals surface area contributed by atoms with E-state index in [9.17, 15) is 4.79 Å². The van der Waals surface area contributed by atoms with Crippen molar-refractivity contribution in [2.45, 2.75) is 78.3 Å². The second-order valence-corrected chi connectivity index (χ2v) is 11.5. The van der Waals surface area contributed by atoms with Crippen LogP contribution in [0.1, 0.15) is 73.5 Å². The normalized spacial score (nSPS) is 19.7. The molecule has 0 radical (unpaired) electrons. The van der Waals surface area contributed by atoms with Crippen molar-refractivity contribution in [1.29, 1.82) is 5.41 Å². The van der Waals surface area contributed by atoms with Gasteiger partial charge in [0.15, 0.2) is 0 Å². The van der Waals surface area contributed by atoms with Gasteiger partial charge in [-0.25, -0.2) is 4.99 Å². The Morgan fingerprint density at radius 3 is 2.74 bits per heavy atom. The number of hydrogen-bond donors (Lipinski definition) is 1. The van der Waals surface area contributed by atoms with Crippen LogP contribution < -0.4 is 4.74 Å². The van der Waals surface area contributed by atoms with Crippen molar-refractivity contribution in [1.82, 2.24) is 9.80 Å². The third-order valence-electron chi connectivity index (χ3n) is 8.05. The molecule has 6 nitrogen and oxygen atoms in total. The summed E-state index contributed by atoms with van der Waals surface area (Å²) in [6.45, 7) is 11.2. The van der Waals surface area contributed by atoms with Crippen LogP contribution in [0.15, 0.2) is 41.4 Å². The highest BCUT2D eigenvalue weighted by molar-refractivity contribution is 6.32. The molecule has 2 aromatic carbocycles. The van der Waals surface area contributed by atoms with Crippen LogP contribution in [0, 0.1) is 18.3 Å². The van der Waals surface area contributed by atoms with E-state index in [1.807, 2.05) is 17.2 Å². The Labute approximate surface area is 238 Å². The second kappa shape index (κ2) is 13.6. The summed E-state index contributed by atoms with van der Waals surface area (Å²) in [5.41, 5.74) is 4.24. The van der Waals surface area contributed by atoms with E-state index in [0.29, 0.717) is 42.0 Å². The molecule has 4 rings (SSSR count). The summed E-state index contributed by atoms with van der Waals surface area (Å²) < 4.78 is 5.84. The highest BCUT2D eigenvalue weighted by atomic mass is 35.5. The molecule has 0 bridgehead atoms. The third kappa shape index (κ3) is 7.29. The number of piperazine rings is 1. The van der Waals surface area contributed by atoms with Crippen molar-refractivity contribution >= 4 is 29.6 Å². The van der Waals surface area contributed by atoms with Crippen molar-refractivity contribution in [2.24, 2.45) is 10.9 Å². The summed E-state index contributed by atoms with van der Waals surface area (Å²) in [5.74, 6) is 1.46. The van der Waals surface area contributed by atoms with E-state index < -0.39 is 0 Å². The van der Waals surface area contributed by atoms with Gasteiger partial charge in [0.05, 0.1) is 17.7 Å². The first-order valence-electron chi connectivity index (χ1n) is 14.5. The van der Waals surface area contributed by atoms with Gasteiger partial charge in [-0.3, -0.25) is 15.1 Å². The Hall–Kier alpha value is -2.70. The lowest BCUT2D eigenvalue weighted by Gasteiger charge is -2.42. The average molecular weight is 551 g/mol. The number of nitrogens with one attached hydrogen (secondary N) is 1. The Balaban J connectivity index is 1.38. The van der Waals surface area contributed by atoms with Gasteiger partial charge < -0.3 is 9.64 Å². The Bertz CT molecular complexity index is 1200. The van der Waals surface area contributed by atoms with Crippen LogP contribution in [0.2, 0.25) is 5.02 Å². The van der Waals surface area contributed by atoms with Crippen LogP contribution in [0.5, 0.6) is 5.75 Å². The monoisotopic (exact) mass is 550 g/mol. The lowest BCUT2D eigenvalue weighted by molar-refractivity contribution is 0.0448. The molecular formula is C32H43ClN4O2. The van der Waals surface area contributed by atoms with E-state index in [1.54, 1.807) is 6.07 Å². The van der Waals surface area contributed by atoms with Crippen LogP contribution in [-0.4, -0.2) is 66.1 Å². The number of aliphatic imine (C=N–C) groups is 1. The summed E-state index contributed by atoms with van der Waals surface area (Å²) in [6.07, 6.45) is 7.61. The number of halogens is 1. The molecule has 210 valence electrons. The fourth-order valence-corrected chi connectivity index (χ4v) is 6.08. The molecule has 7 heteroatoms. The van der Waals surface area contributed by atoms with Gasteiger partial charge in [-0.05, 0) is 81.5 Å². The number of benzene rings is 2. The van der Waals surface area contributed by atoms with E-state index >= 15 is 0 Å². The number of hydrogen-bond acceptors (Lipinski definition) is 4. The lowest BCUT2D eigenvalue weighted by atomic mass is 9.97. The highest BCUT2D eigenvalue weighted by Crippen LogP contribution is 2.34. The van der Waals surface area contributed by atoms with Crippen LogP contribution in [-0.2, 0) is 12.8 Å². The number of amides is 1. The first-order chi connectivity index (χ1) is 18.8. The highest BCUT2D eigenvalue weighted by Gasteiger charge is 2.33. The van der Waals surface area contributed by atoms with Gasteiger partial charge >= 0.3 is 0 Å². The Morgan fingerprint density at radius 2 is 2.03 bits per heavy atom. The molecule has 2 heterocycles. The summed E-state index contributed by atoms with van der Waals surface area (Å²) in [4.78, 5) is 22.5. The average Bonchev–Trinajstić information content (AvgIpc) is 3.17. The molecular weight excluding hydrogens is 508 g/mol. The number of amidine groups is 1. The van der Waals surface area contributed by atoms with E-state index in [0.717, 1.165) is 56.4 Å². The zero-order chi connectivity index (χ0) is 27.9. The molecule has 3 atom stereocenters. The number of carbonyl (C=O) groups excluding carboxylic acids is 1. The second-order valence-electron chi connectivity index (χ2n) is 11.0. The third-order valence-corrected chi connectivity index (χ3v) is 8.33. The molecule has 1 fully saturated rings. The van der Waals surface area contributed by atoms with Crippen molar-refractivity contribution in [3.05, 3.63) is 63.7 Å². The largest absolute Gasteiger partial charge is 0.492 e. The predicted octanol–water partition coefficient (Wildman–Crippen LogP) is 6.61. The summed E-state index contributed by atoms with van der Waals surface area (Å²) in [6, 6.07) is 12.3. The Kier molecular flexibility index (Phi) is 10.2. The van der Waals surface area contributed by atoms with Gasteiger partial charge in [0.2, 0.25) is 0 Å². The number of ether oxygens (including phenoxy) is 1. The molecule has 2 aliphatic heterocycles. The molecule has 2 aliphatic rings. The van der Waals surface area contributed by atoms with Gasteiger partial charge in [0, 0.05) is 37.5 Å². The number of rotatable bonds is 8. The maximum Gasteiger partial charge on any atom is 0.254 e. The zero-order valence-corrected chi connectivity index (χ0v) is 24.6. The molecule has 1 N–H and O–H groups in total. The predicted molar refractivity (Wildman–Crippen MR) is 161 cm³/mol. The van der Waals surface area contributed by atoms with Crippen LogP contribution in [0.3, 0.4) is 0 Å². The van der Waals surface area contributed by atoms with Crippen molar-refractivity contribution < 1.29 is 9.53 Å². The van der Waals surface area contributed by atoms with Crippen molar-refractivity contribution in [3.63, 3.8) is 0 Å². The smallest absolute Gasteiger partial charge is 0.254 e. The fraction of sp³-hybridized carbons (Fsp3) is 0.531. The topological polar surface area (TPSA) is 69.0 Å². The number of fused-ring (bicyclic) bond motifs is 1. The van der Waals surface area contributed by atoms with Crippen molar-refractivity contribution in [3.8, 4) is 5.75 Å². The Morgan fingerprint density at radius 1 is 1.21 bits per heavy atom. The quantitative estimate of drug-likeness (QED) is 0.297. The summed E-state index contributed by atoms with van der Waals surface area (Å²) in [5, 5.41) is 9.31. The van der Waals surface area contributed by atoms with E-state index in [-0.39, 0.29) is 18.0 Å². The minimum absolute atomic E-state index is 0.0131. The molecule has 0 saturated carbocycles. The van der Waals surface area contributed by atoms with E-state index in [4.69, 9.17) is 21.7 Å². The first kappa shape index (κ1) is 29.3. The maximum absolute atomic E-state index is 13.5. The molecule has 0 aromatic heterocycles. The first-order valence-corrected chi connectivity index (χ1v) is 14.9. The SMILES string of the molecule is CCC(/C=N\C(=N)C(CC)N1CCN(C(=O)c2cc(Cl)c3c(c2)CCCCO3)C(C)C1)Cc1cccc(C)c1. The lowest BCUT2D eigenvalue weighted by Crippen LogP contribution is -2.57. The molecule has 39 heavy (non-hydrogen) atoms. The van der Waals surface area contributed by atoms with Crippen LogP contribution >= 0.6 is 11.6 Å². The minimum atomic E-state index is -0.0588. The van der Waals surface area contributed by atoms with Gasteiger partial charge in [0.25, 0.3) is 5.91 Å². The summed E-state index contributed by atoms with van der Waals surface area (Å²) in [7, 11) is 0. The fourth-order valence-electron chi connectivity index (χ4n) is 5.79.